The number of sulfonamides is 1. The van der Waals surface area contributed by atoms with Gasteiger partial charge in [-0.05, 0) is 37.4 Å². The van der Waals surface area contributed by atoms with Crippen molar-refractivity contribution in [3.8, 4) is 11.5 Å². The first-order valence-corrected chi connectivity index (χ1v) is 12.0. The Labute approximate surface area is 192 Å². The molecule has 9 nitrogen and oxygen atoms in total. The average molecular weight is 476 g/mol. The molecule has 0 spiro atoms. The van der Waals surface area contributed by atoms with Crippen LogP contribution in [0.3, 0.4) is 0 Å². The van der Waals surface area contributed by atoms with Crippen molar-refractivity contribution in [3.63, 3.8) is 0 Å². The van der Waals surface area contributed by atoms with Crippen LogP contribution in [0.5, 0.6) is 11.5 Å². The van der Waals surface area contributed by atoms with Crippen LogP contribution in [-0.2, 0) is 10.0 Å². The van der Waals surface area contributed by atoms with E-state index in [1.54, 1.807) is 12.1 Å². The summed E-state index contributed by atoms with van der Waals surface area (Å²) < 4.78 is 52.5. The second-order valence-electron chi connectivity index (χ2n) is 7.80. The molecule has 1 aliphatic heterocycles. The van der Waals surface area contributed by atoms with Gasteiger partial charge in [0.15, 0.2) is 17.3 Å². The Morgan fingerprint density at radius 3 is 2.48 bits per heavy atom. The summed E-state index contributed by atoms with van der Waals surface area (Å²) in [5.41, 5.74) is 0.497. The number of anilines is 1. The van der Waals surface area contributed by atoms with E-state index >= 15 is 0 Å². The van der Waals surface area contributed by atoms with Crippen molar-refractivity contribution in [3.05, 3.63) is 48.5 Å². The van der Waals surface area contributed by atoms with Gasteiger partial charge in [0.05, 0.1) is 17.5 Å². The predicted molar refractivity (Wildman–Crippen MR) is 123 cm³/mol. The van der Waals surface area contributed by atoms with E-state index in [-0.39, 0.29) is 10.7 Å². The van der Waals surface area contributed by atoms with Gasteiger partial charge in [-0.2, -0.15) is 0 Å². The maximum absolute atomic E-state index is 13.2. The van der Waals surface area contributed by atoms with Gasteiger partial charge in [-0.15, -0.1) is 0 Å². The topological polar surface area (TPSA) is 96.9 Å². The Morgan fingerprint density at radius 1 is 1.06 bits per heavy atom. The summed E-state index contributed by atoms with van der Waals surface area (Å²) in [7, 11) is -0.341. The van der Waals surface area contributed by atoms with E-state index in [1.165, 1.54) is 25.6 Å². The summed E-state index contributed by atoms with van der Waals surface area (Å²) in [6.45, 7) is 5.35. The van der Waals surface area contributed by atoms with Crippen molar-refractivity contribution in [1.82, 2.24) is 19.8 Å². The van der Waals surface area contributed by atoms with E-state index in [0.717, 1.165) is 44.9 Å². The highest BCUT2D eigenvalue weighted by Gasteiger charge is 2.19. The maximum atomic E-state index is 13.2. The van der Waals surface area contributed by atoms with Crippen LogP contribution in [0, 0.1) is 5.82 Å². The molecule has 33 heavy (non-hydrogen) atoms. The van der Waals surface area contributed by atoms with Gasteiger partial charge in [-0.3, -0.25) is 9.62 Å². The average Bonchev–Trinajstić information content (AvgIpc) is 2.80. The van der Waals surface area contributed by atoms with Crippen LogP contribution in [0.15, 0.2) is 47.6 Å². The zero-order chi connectivity index (χ0) is 23.4. The number of benzene rings is 2. The monoisotopic (exact) mass is 475 g/mol. The summed E-state index contributed by atoms with van der Waals surface area (Å²) in [5.74, 6) is 0.529. The molecule has 0 bridgehead atoms. The van der Waals surface area contributed by atoms with Crippen molar-refractivity contribution >= 4 is 26.7 Å². The lowest BCUT2D eigenvalue weighted by atomic mass is 10.2. The van der Waals surface area contributed by atoms with Gasteiger partial charge in [0.1, 0.15) is 18.8 Å². The van der Waals surface area contributed by atoms with Gasteiger partial charge >= 0.3 is 0 Å². The fourth-order valence-corrected chi connectivity index (χ4v) is 4.60. The smallest absolute Gasteiger partial charge is 0.263 e. The molecule has 2 aromatic carbocycles. The van der Waals surface area contributed by atoms with Gasteiger partial charge in [0.25, 0.3) is 10.0 Å². The van der Waals surface area contributed by atoms with Crippen molar-refractivity contribution in [2.24, 2.45) is 0 Å². The number of aromatic nitrogens is 2. The molecule has 1 aliphatic rings. The molecule has 1 aromatic heterocycles. The van der Waals surface area contributed by atoms with Crippen molar-refractivity contribution < 1.29 is 22.3 Å². The number of nitrogens with one attached hydrogen (secondary N) is 1. The highest BCUT2D eigenvalue weighted by molar-refractivity contribution is 7.92. The van der Waals surface area contributed by atoms with Crippen LogP contribution in [-0.4, -0.2) is 81.7 Å². The number of hydrogen-bond donors (Lipinski definition) is 1. The lowest BCUT2D eigenvalue weighted by molar-refractivity contribution is 0.133. The minimum Gasteiger partial charge on any atom is -0.493 e. The quantitative estimate of drug-likeness (QED) is 0.530. The summed E-state index contributed by atoms with van der Waals surface area (Å²) in [6.07, 6.45) is 1.27. The van der Waals surface area contributed by atoms with Crippen LogP contribution in [0.2, 0.25) is 0 Å². The number of methoxy groups -OCH3 is 1. The first-order chi connectivity index (χ1) is 15.9. The molecule has 0 atom stereocenters. The third kappa shape index (κ3) is 5.49. The normalized spacial score (nSPS) is 15.5. The van der Waals surface area contributed by atoms with E-state index in [1.807, 2.05) is 0 Å². The summed E-state index contributed by atoms with van der Waals surface area (Å²) >= 11 is 0. The van der Waals surface area contributed by atoms with E-state index in [2.05, 4.69) is 31.5 Å². The molecule has 2 heterocycles. The number of halogens is 1. The number of rotatable bonds is 8. The SMILES string of the molecule is COc1cc2c(NS(=O)(=O)c3ccc(F)cc3)ncnc2cc1OCCN1CCN(C)CC1. The summed E-state index contributed by atoms with van der Waals surface area (Å²) in [5, 5.41) is 0.450. The first-order valence-electron chi connectivity index (χ1n) is 10.5. The minimum atomic E-state index is -3.97. The van der Waals surface area contributed by atoms with Crippen molar-refractivity contribution in [1.29, 1.82) is 0 Å². The van der Waals surface area contributed by atoms with E-state index in [9.17, 15) is 12.8 Å². The molecule has 0 radical (unpaired) electrons. The van der Waals surface area contributed by atoms with Gasteiger partial charge in [-0.1, -0.05) is 0 Å². The lowest BCUT2D eigenvalue weighted by Gasteiger charge is -2.32. The molecule has 0 aliphatic carbocycles. The van der Waals surface area contributed by atoms with Gasteiger partial charge in [0.2, 0.25) is 0 Å². The van der Waals surface area contributed by atoms with Crippen molar-refractivity contribution in [2.45, 2.75) is 4.90 Å². The molecule has 1 fully saturated rings. The second kappa shape index (κ2) is 9.86. The maximum Gasteiger partial charge on any atom is 0.263 e. The van der Waals surface area contributed by atoms with Crippen LogP contribution in [0.1, 0.15) is 0 Å². The molecular formula is C22H26FN5O4S. The number of fused-ring (bicyclic) bond motifs is 1. The Bertz CT molecular complexity index is 1220. The molecule has 3 aromatic rings. The number of piperazine rings is 1. The van der Waals surface area contributed by atoms with Gasteiger partial charge < -0.3 is 14.4 Å². The molecule has 11 heteroatoms. The summed E-state index contributed by atoms with van der Waals surface area (Å²) in [6, 6.07) is 7.89. The van der Waals surface area contributed by atoms with E-state index in [4.69, 9.17) is 9.47 Å². The largest absolute Gasteiger partial charge is 0.493 e. The Balaban J connectivity index is 1.53. The Hall–Kier alpha value is -3.02. The molecule has 176 valence electrons. The molecule has 0 saturated carbocycles. The first kappa shape index (κ1) is 23.1. The molecule has 1 N–H and O–H groups in total. The van der Waals surface area contributed by atoms with Crippen LogP contribution in [0.4, 0.5) is 10.2 Å². The molecule has 0 unspecified atom stereocenters. The van der Waals surface area contributed by atoms with Crippen LogP contribution >= 0.6 is 0 Å². The third-order valence-electron chi connectivity index (χ3n) is 5.54. The molecular weight excluding hydrogens is 449 g/mol. The van der Waals surface area contributed by atoms with E-state index in [0.29, 0.717) is 29.0 Å². The Kier molecular flexibility index (Phi) is 6.91. The number of likely N-dealkylation sites (N-methyl/N-ethyl adjacent to an activating group) is 1. The molecule has 0 amide bonds. The number of nitrogens with zero attached hydrogens (tertiary/aromatic N) is 4. The number of hydrogen-bond acceptors (Lipinski definition) is 8. The molecule has 4 rings (SSSR count). The number of ether oxygens (including phenoxy) is 2. The minimum absolute atomic E-state index is 0.0773. The van der Waals surface area contributed by atoms with Gasteiger partial charge in [0, 0.05) is 44.2 Å². The standard InChI is InChI=1S/C22H26FN5O4S/c1-27-7-9-28(10-8-27)11-12-32-21-14-19-18(13-20(21)31-2)22(25-15-24-19)26-33(29,30)17-5-3-16(23)4-6-17/h3-6,13-15H,7-12H2,1-2H3,(H,24,25,26). The highest BCUT2D eigenvalue weighted by Crippen LogP contribution is 2.34. The fraction of sp³-hybridized carbons (Fsp3) is 0.364. The zero-order valence-electron chi connectivity index (χ0n) is 18.5. The molecule has 1 saturated heterocycles. The van der Waals surface area contributed by atoms with Crippen LogP contribution in [0.25, 0.3) is 10.9 Å². The van der Waals surface area contributed by atoms with E-state index < -0.39 is 15.8 Å². The third-order valence-corrected chi connectivity index (χ3v) is 6.89. The van der Waals surface area contributed by atoms with Gasteiger partial charge in [-0.25, -0.2) is 22.8 Å². The highest BCUT2D eigenvalue weighted by atomic mass is 32.2. The Morgan fingerprint density at radius 2 is 1.79 bits per heavy atom. The van der Waals surface area contributed by atoms with Crippen molar-refractivity contribution in [2.75, 3.05) is 58.2 Å². The summed E-state index contributed by atoms with van der Waals surface area (Å²) in [4.78, 5) is 12.9. The fourth-order valence-electron chi connectivity index (χ4n) is 3.57. The second-order valence-corrected chi connectivity index (χ2v) is 9.48. The van der Waals surface area contributed by atoms with Crippen LogP contribution < -0.4 is 14.2 Å². The zero-order valence-corrected chi connectivity index (χ0v) is 19.3. The predicted octanol–water partition coefficient (Wildman–Crippen LogP) is 2.20. The lowest BCUT2D eigenvalue weighted by Crippen LogP contribution is -2.45.